The lowest BCUT2D eigenvalue weighted by molar-refractivity contribution is -0.278. The number of benzene rings is 2. The van der Waals surface area contributed by atoms with Crippen LogP contribution in [0.3, 0.4) is 0 Å². The van der Waals surface area contributed by atoms with Crippen LogP contribution in [0.15, 0.2) is 48.5 Å². The number of alkyl halides is 3. The Kier molecular flexibility index (Phi) is 10.2. The SMILES string of the molecule is C[C@H]1[C@@H](CN2CCC3(CC2)OCCO3)O[C@@H](c2ccc(CNC(=O)[C@@H]3CCCN3C(=O)C(F)(F)F)cc2)O[C@H]1c1ccc(CO)cc1. The predicted molar refractivity (Wildman–Crippen MR) is 162 cm³/mol. The second-order valence-electron chi connectivity index (χ2n) is 12.8. The highest BCUT2D eigenvalue weighted by Gasteiger charge is 2.48. The van der Waals surface area contributed by atoms with Crippen molar-refractivity contribution >= 4 is 11.8 Å². The molecule has 0 radical (unpaired) electrons. The van der Waals surface area contributed by atoms with Crippen molar-refractivity contribution in [2.45, 2.75) is 82.3 Å². The molecule has 2 aromatic carbocycles. The van der Waals surface area contributed by atoms with Crippen LogP contribution in [0, 0.1) is 5.92 Å². The van der Waals surface area contributed by atoms with Crippen molar-refractivity contribution in [2.75, 3.05) is 39.4 Å². The zero-order valence-corrected chi connectivity index (χ0v) is 26.4. The molecular weight excluding hydrogens is 619 g/mol. The highest BCUT2D eigenvalue weighted by molar-refractivity contribution is 5.90. The Balaban J connectivity index is 1.12. The zero-order valence-electron chi connectivity index (χ0n) is 26.4. The van der Waals surface area contributed by atoms with E-state index in [1.165, 1.54) is 0 Å². The molecule has 0 aliphatic carbocycles. The third kappa shape index (κ3) is 7.65. The van der Waals surface area contributed by atoms with Crippen molar-refractivity contribution in [3.63, 3.8) is 0 Å². The van der Waals surface area contributed by atoms with Gasteiger partial charge in [0.1, 0.15) is 6.04 Å². The molecule has 0 bridgehead atoms. The Hall–Kier alpha value is -3.07. The molecule has 0 aromatic heterocycles. The maximum atomic E-state index is 13.0. The average Bonchev–Trinajstić information content (AvgIpc) is 3.76. The molecule has 2 N–H and O–H groups in total. The first-order chi connectivity index (χ1) is 22.5. The molecule has 5 atom stereocenters. The van der Waals surface area contributed by atoms with E-state index in [2.05, 4.69) is 17.1 Å². The van der Waals surface area contributed by atoms with E-state index in [1.54, 1.807) is 0 Å². The topological polar surface area (TPSA) is 110 Å². The van der Waals surface area contributed by atoms with Gasteiger partial charge >= 0.3 is 12.1 Å². The lowest BCUT2D eigenvalue weighted by Gasteiger charge is -2.44. The van der Waals surface area contributed by atoms with E-state index < -0.39 is 36.1 Å². The highest BCUT2D eigenvalue weighted by Crippen LogP contribution is 2.42. The molecule has 10 nitrogen and oxygen atoms in total. The number of aliphatic hydroxyl groups is 1. The van der Waals surface area contributed by atoms with E-state index in [4.69, 9.17) is 18.9 Å². The van der Waals surface area contributed by atoms with Crippen LogP contribution in [0.25, 0.3) is 0 Å². The molecule has 4 fully saturated rings. The standard InChI is InChI=1S/C34H42F3N3O7/c1-22-28(20-39-15-12-33(13-16-39)44-17-18-45-33)46-31(47-29(22)25-8-6-24(21-41)7-9-25)26-10-4-23(5-11-26)19-38-30(42)27-3-2-14-40(27)32(43)34(35,36)37/h4-11,22,27-29,31,41H,2-3,12-21H2,1H3,(H,38,42)/t22-,27-,28+,29+,31+/m0/s1. The summed E-state index contributed by atoms with van der Waals surface area (Å²) < 4.78 is 63.9. The molecule has 0 unspecified atom stereocenters. The fourth-order valence-corrected chi connectivity index (χ4v) is 6.99. The number of hydrogen-bond donors (Lipinski definition) is 2. The molecule has 4 heterocycles. The minimum atomic E-state index is -5.02. The molecule has 4 saturated heterocycles. The van der Waals surface area contributed by atoms with Gasteiger partial charge in [-0.1, -0.05) is 55.5 Å². The Morgan fingerprint density at radius 3 is 2.21 bits per heavy atom. The highest BCUT2D eigenvalue weighted by atomic mass is 19.4. The zero-order chi connectivity index (χ0) is 33.2. The molecule has 2 aromatic rings. The summed E-state index contributed by atoms with van der Waals surface area (Å²) in [5.41, 5.74) is 3.33. The second-order valence-corrected chi connectivity index (χ2v) is 12.8. The Labute approximate surface area is 272 Å². The van der Waals surface area contributed by atoms with E-state index >= 15 is 0 Å². The molecule has 6 rings (SSSR count). The van der Waals surface area contributed by atoms with Crippen molar-refractivity contribution in [3.8, 4) is 0 Å². The number of rotatable bonds is 8. The fraction of sp³-hybridized carbons (Fsp3) is 0.588. The van der Waals surface area contributed by atoms with Gasteiger partial charge in [-0.25, -0.2) is 0 Å². The van der Waals surface area contributed by atoms with Gasteiger partial charge in [0.25, 0.3) is 0 Å². The van der Waals surface area contributed by atoms with Gasteiger partial charge in [0.2, 0.25) is 5.91 Å². The number of carbonyl (C=O) groups is 2. The number of nitrogens with one attached hydrogen (secondary N) is 1. The van der Waals surface area contributed by atoms with E-state index in [0.717, 1.165) is 48.2 Å². The first kappa shape index (κ1) is 33.8. The van der Waals surface area contributed by atoms with Gasteiger partial charge in [-0.15, -0.1) is 0 Å². The molecular formula is C34H42F3N3O7. The smallest absolute Gasteiger partial charge is 0.392 e. The van der Waals surface area contributed by atoms with E-state index in [0.29, 0.717) is 31.1 Å². The number of ether oxygens (including phenoxy) is 4. The maximum absolute atomic E-state index is 13.0. The third-order valence-electron chi connectivity index (χ3n) is 9.77. The molecule has 4 aliphatic rings. The van der Waals surface area contributed by atoms with Gasteiger partial charge < -0.3 is 39.2 Å². The normalized spacial score (nSPS) is 28.1. The van der Waals surface area contributed by atoms with Gasteiger partial charge in [-0.05, 0) is 29.5 Å². The van der Waals surface area contributed by atoms with Gasteiger partial charge in [0.05, 0.1) is 32.0 Å². The van der Waals surface area contributed by atoms with Crippen molar-refractivity contribution in [1.29, 1.82) is 0 Å². The first-order valence-electron chi connectivity index (χ1n) is 16.3. The number of carbonyl (C=O) groups excluding carboxylic acids is 2. The van der Waals surface area contributed by atoms with Gasteiger partial charge in [0.15, 0.2) is 12.1 Å². The summed E-state index contributed by atoms with van der Waals surface area (Å²) in [5.74, 6) is -3.03. The monoisotopic (exact) mass is 661 g/mol. The van der Waals surface area contributed by atoms with Gasteiger partial charge in [-0.3, -0.25) is 9.59 Å². The summed E-state index contributed by atoms with van der Waals surface area (Å²) in [7, 11) is 0. The summed E-state index contributed by atoms with van der Waals surface area (Å²) in [4.78, 5) is 27.5. The molecule has 2 amide bonds. The van der Waals surface area contributed by atoms with Crippen LogP contribution in [0.5, 0.6) is 0 Å². The van der Waals surface area contributed by atoms with E-state index in [9.17, 15) is 27.9 Å². The number of aliphatic hydroxyl groups excluding tert-OH is 1. The van der Waals surface area contributed by atoms with Crippen LogP contribution in [-0.2, 0) is 41.7 Å². The van der Waals surface area contributed by atoms with E-state index in [1.807, 2.05) is 48.5 Å². The Bertz CT molecular complexity index is 1370. The van der Waals surface area contributed by atoms with Crippen LogP contribution in [0.2, 0.25) is 0 Å². The molecule has 256 valence electrons. The fourth-order valence-electron chi connectivity index (χ4n) is 6.99. The van der Waals surface area contributed by atoms with Crippen molar-refractivity contribution < 1.29 is 46.8 Å². The summed E-state index contributed by atoms with van der Waals surface area (Å²) >= 11 is 0. The number of hydrogen-bond acceptors (Lipinski definition) is 8. The largest absolute Gasteiger partial charge is 0.471 e. The number of amides is 2. The number of halogens is 3. The van der Waals surface area contributed by atoms with Crippen molar-refractivity contribution in [1.82, 2.24) is 15.1 Å². The van der Waals surface area contributed by atoms with Crippen LogP contribution in [-0.4, -0.2) is 90.2 Å². The molecule has 1 spiro atoms. The number of likely N-dealkylation sites (tertiary alicyclic amines) is 2. The van der Waals surface area contributed by atoms with E-state index in [-0.39, 0.29) is 44.2 Å². The lowest BCUT2D eigenvalue weighted by Crippen LogP contribution is -2.50. The maximum Gasteiger partial charge on any atom is 0.471 e. The number of nitrogens with zero attached hydrogens (tertiary/aromatic N) is 2. The summed E-state index contributed by atoms with van der Waals surface area (Å²) in [6.45, 7) is 5.71. The molecule has 4 aliphatic heterocycles. The second kappa shape index (κ2) is 14.2. The van der Waals surface area contributed by atoms with Crippen LogP contribution < -0.4 is 5.32 Å². The predicted octanol–water partition coefficient (Wildman–Crippen LogP) is 3.98. The number of piperidine rings is 1. The van der Waals surface area contributed by atoms with Gasteiger partial charge in [0, 0.05) is 57.0 Å². The Morgan fingerprint density at radius 1 is 0.936 bits per heavy atom. The van der Waals surface area contributed by atoms with Gasteiger partial charge in [-0.2, -0.15) is 13.2 Å². The summed E-state index contributed by atoms with van der Waals surface area (Å²) in [5, 5.41) is 12.2. The first-order valence-corrected chi connectivity index (χ1v) is 16.3. The minimum absolute atomic E-state index is 0.0231. The lowest BCUT2D eigenvalue weighted by atomic mass is 9.89. The molecule has 13 heteroatoms. The average molecular weight is 662 g/mol. The van der Waals surface area contributed by atoms with Crippen LogP contribution in [0.4, 0.5) is 13.2 Å². The quantitative estimate of drug-likeness (QED) is 0.438. The summed E-state index contributed by atoms with van der Waals surface area (Å²) in [6, 6.07) is 14.0. The van der Waals surface area contributed by atoms with Crippen molar-refractivity contribution in [3.05, 3.63) is 70.8 Å². The van der Waals surface area contributed by atoms with Crippen molar-refractivity contribution in [2.24, 2.45) is 5.92 Å². The molecule has 47 heavy (non-hydrogen) atoms. The Morgan fingerprint density at radius 2 is 1.57 bits per heavy atom. The van der Waals surface area contributed by atoms with Crippen LogP contribution in [0.1, 0.15) is 67.3 Å². The third-order valence-corrected chi connectivity index (χ3v) is 9.77. The molecule has 0 saturated carbocycles. The minimum Gasteiger partial charge on any atom is -0.392 e. The van der Waals surface area contributed by atoms with Crippen LogP contribution >= 0.6 is 0 Å². The summed E-state index contributed by atoms with van der Waals surface area (Å²) in [6.07, 6.45) is -3.97.